The molecule has 0 unspecified atom stereocenters. The Labute approximate surface area is 111 Å². The third kappa shape index (κ3) is 2.36. The van der Waals surface area contributed by atoms with Crippen LogP contribution in [0.2, 0.25) is 0 Å². The molecular formula is C12H13ClN2O3. The van der Waals surface area contributed by atoms with Crippen molar-refractivity contribution in [1.82, 2.24) is 4.90 Å². The standard InChI is InChI=1S/C12H12N2O3.ClH/c1-2-17-10(13)7-14-11(15)8-5-3-4-6-9(8)12(14)16;/h3-6,13H,2,7H2,1H3;1H. The van der Waals surface area contributed by atoms with Crippen LogP contribution in [-0.2, 0) is 4.74 Å². The zero-order valence-electron chi connectivity index (χ0n) is 9.80. The topological polar surface area (TPSA) is 70.5 Å². The molecule has 0 saturated carbocycles. The number of nitrogens with zero attached hydrogens (tertiary/aromatic N) is 1. The molecule has 0 aromatic heterocycles. The molecule has 96 valence electrons. The second kappa shape index (κ2) is 5.64. The van der Waals surface area contributed by atoms with Gasteiger partial charge in [-0.3, -0.25) is 19.9 Å². The summed E-state index contributed by atoms with van der Waals surface area (Å²) in [4.78, 5) is 24.8. The minimum atomic E-state index is -0.366. The fourth-order valence-corrected chi connectivity index (χ4v) is 1.75. The molecule has 1 aromatic rings. The molecule has 1 aliphatic rings. The molecule has 1 aliphatic heterocycles. The van der Waals surface area contributed by atoms with Crippen LogP contribution in [0.4, 0.5) is 0 Å². The molecular weight excluding hydrogens is 256 g/mol. The molecule has 0 radical (unpaired) electrons. The van der Waals surface area contributed by atoms with E-state index in [9.17, 15) is 9.59 Å². The smallest absolute Gasteiger partial charge is 0.262 e. The number of ether oxygens (including phenoxy) is 1. The first kappa shape index (κ1) is 14.2. The van der Waals surface area contributed by atoms with Crippen molar-refractivity contribution in [2.24, 2.45) is 0 Å². The van der Waals surface area contributed by atoms with Crippen LogP contribution in [0.25, 0.3) is 0 Å². The summed E-state index contributed by atoms with van der Waals surface area (Å²) in [7, 11) is 0. The Kier molecular flexibility index (Phi) is 4.44. The fourth-order valence-electron chi connectivity index (χ4n) is 1.75. The van der Waals surface area contributed by atoms with E-state index in [0.717, 1.165) is 4.90 Å². The molecule has 0 spiro atoms. The number of amides is 2. The second-order valence-electron chi connectivity index (χ2n) is 3.60. The summed E-state index contributed by atoms with van der Waals surface area (Å²) < 4.78 is 4.94. The van der Waals surface area contributed by atoms with E-state index in [1.54, 1.807) is 31.2 Å². The molecule has 2 amide bonds. The quantitative estimate of drug-likeness (QED) is 0.515. The van der Waals surface area contributed by atoms with Gasteiger partial charge in [0, 0.05) is 0 Å². The minimum Gasteiger partial charge on any atom is -0.480 e. The van der Waals surface area contributed by atoms with Gasteiger partial charge in [0.2, 0.25) is 5.90 Å². The predicted molar refractivity (Wildman–Crippen MR) is 68.4 cm³/mol. The van der Waals surface area contributed by atoms with Gasteiger partial charge in [-0.05, 0) is 19.1 Å². The normalized spacial score (nSPS) is 13.1. The van der Waals surface area contributed by atoms with Gasteiger partial charge >= 0.3 is 0 Å². The molecule has 18 heavy (non-hydrogen) atoms. The maximum Gasteiger partial charge on any atom is 0.262 e. The van der Waals surface area contributed by atoms with Gasteiger partial charge in [-0.2, -0.15) is 0 Å². The lowest BCUT2D eigenvalue weighted by atomic mass is 10.1. The second-order valence-corrected chi connectivity index (χ2v) is 3.60. The molecule has 0 fully saturated rings. The van der Waals surface area contributed by atoms with E-state index in [-0.39, 0.29) is 36.7 Å². The maximum atomic E-state index is 11.9. The van der Waals surface area contributed by atoms with Crippen LogP contribution < -0.4 is 0 Å². The average molecular weight is 269 g/mol. The van der Waals surface area contributed by atoms with Crippen molar-refractivity contribution >= 4 is 30.1 Å². The highest BCUT2D eigenvalue weighted by atomic mass is 35.5. The van der Waals surface area contributed by atoms with Crippen LogP contribution in [0.1, 0.15) is 27.6 Å². The van der Waals surface area contributed by atoms with E-state index >= 15 is 0 Å². The largest absolute Gasteiger partial charge is 0.480 e. The van der Waals surface area contributed by atoms with E-state index in [1.165, 1.54) is 0 Å². The molecule has 1 heterocycles. The Hall–Kier alpha value is -1.88. The van der Waals surface area contributed by atoms with Crippen LogP contribution in [0.15, 0.2) is 24.3 Å². The third-order valence-electron chi connectivity index (χ3n) is 2.50. The lowest BCUT2D eigenvalue weighted by molar-refractivity contribution is 0.0667. The van der Waals surface area contributed by atoms with Crippen molar-refractivity contribution < 1.29 is 14.3 Å². The highest BCUT2D eigenvalue weighted by Crippen LogP contribution is 2.21. The van der Waals surface area contributed by atoms with Crippen LogP contribution in [0, 0.1) is 5.41 Å². The van der Waals surface area contributed by atoms with Crippen LogP contribution in [0.3, 0.4) is 0 Å². The third-order valence-corrected chi connectivity index (χ3v) is 2.50. The van der Waals surface area contributed by atoms with Crippen molar-refractivity contribution in [3.63, 3.8) is 0 Å². The summed E-state index contributed by atoms with van der Waals surface area (Å²) >= 11 is 0. The average Bonchev–Trinajstić information content (AvgIpc) is 2.56. The summed E-state index contributed by atoms with van der Waals surface area (Å²) in [5, 5.41) is 7.47. The van der Waals surface area contributed by atoms with Crippen molar-refractivity contribution in [2.75, 3.05) is 13.2 Å². The molecule has 0 saturated heterocycles. The lowest BCUT2D eigenvalue weighted by Gasteiger charge is -2.14. The van der Waals surface area contributed by atoms with Crippen LogP contribution in [-0.4, -0.2) is 35.8 Å². The lowest BCUT2D eigenvalue weighted by Crippen LogP contribution is -2.35. The SMILES string of the molecule is CCOC(=N)CN1C(=O)c2ccccc2C1=O.Cl. The van der Waals surface area contributed by atoms with Gasteiger partial charge in [0.25, 0.3) is 11.8 Å². The molecule has 6 heteroatoms. The Morgan fingerprint density at radius 2 is 1.72 bits per heavy atom. The first-order chi connectivity index (χ1) is 8.15. The summed E-state index contributed by atoms with van der Waals surface area (Å²) in [6, 6.07) is 6.64. The number of hydrogen-bond donors (Lipinski definition) is 1. The molecule has 1 aromatic carbocycles. The Morgan fingerprint density at radius 3 is 2.17 bits per heavy atom. The number of carbonyl (C=O) groups excluding carboxylic acids is 2. The summed E-state index contributed by atoms with van der Waals surface area (Å²) in [5.41, 5.74) is 0.781. The van der Waals surface area contributed by atoms with Crippen molar-refractivity contribution in [3.8, 4) is 0 Å². The van der Waals surface area contributed by atoms with Crippen molar-refractivity contribution in [2.45, 2.75) is 6.92 Å². The number of fused-ring (bicyclic) bond motifs is 1. The van der Waals surface area contributed by atoms with Gasteiger partial charge in [0.15, 0.2) is 0 Å². The van der Waals surface area contributed by atoms with Gasteiger partial charge in [0.05, 0.1) is 17.7 Å². The molecule has 2 rings (SSSR count). The number of benzene rings is 1. The Morgan fingerprint density at radius 1 is 1.22 bits per heavy atom. The first-order valence-corrected chi connectivity index (χ1v) is 5.30. The van der Waals surface area contributed by atoms with E-state index < -0.39 is 0 Å². The summed E-state index contributed by atoms with van der Waals surface area (Å²) in [5.74, 6) is -0.813. The molecule has 0 bridgehead atoms. The number of carbonyl (C=O) groups is 2. The highest BCUT2D eigenvalue weighted by molar-refractivity contribution is 6.22. The predicted octanol–water partition coefficient (Wildman–Crippen LogP) is 1.72. The van der Waals surface area contributed by atoms with E-state index in [4.69, 9.17) is 10.1 Å². The van der Waals surface area contributed by atoms with Gasteiger partial charge in [-0.25, -0.2) is 0 Å². The van der Waals surface area contributed by atoms with E-state index in [1.807, 2.05) is 0 Å². The van der Waals surface area contributed by atoms with Crippen molar-refractivity contribution in [3.05, 3.63) is 35.4 Å². The van der Waals surface area contributed by atoms with E-state index in [2.05, 4.69) is 0 Å². The number of imide groups is 1. The van der Waals surface area contributed by atoms with Crippen LogP contribution in [0.5, 0.6) is 0 Å². The number of halogens is 1. The molecule has 5 nitrogen and oxygen atoms in total. The van der Waals surface area contributed by atoms with E-state index in [0.29, 0.717) is 17.7 Å². The first-order valence-electron chi connectivity index (χ1n) is 5.30. The number of nitrogens with one attached hydrogen (secondary N) is 1. The molecule has 0 aliphatic carbocycles. The number of hydrogen-bond acceptors (Lipinski definition) is 4. The zero-order chi connectivity index (χ0) is 12.4. The molecule has 0 atom stereocenters. The zero-order valence-corrected chi connectivity index (χ0v) is 10.6. The number of rotatable bonds is 3. The highest BCUT2D eigenvalue weighted by Gasteiger charge is 2.35. The van der Waals surface area contributed by atoms with Crippen molar-refractivity contribution in [1.29, 1.82) is 5.41 Å². The minimum absolute atomic E-state index is 0. The Bertz CT molecular complexity index is 467. The molecule has 1 N–H and O–H groups in total. The summed E-state index contributed by atoms with van der Waals surface area (Å²) in [6.45, 7) is 1.99. The van der Waals surface area contributed by atoms with Gasteiger partial charge in [-0.15, -0.1) is 12.4 Å². The summed E-state index contributed by atoms with van der Waals surface area (Å²) in [6.07, 6.45) is 0. The van der Waals surface area contributed by atoms with Gasteiger partial charge in [0.1, 0.15) is 6.54 Å². The van der Waals surface area contributed by atoms with Gasteiger partial charge in [-0.1, -0.05) is 12.1 Å². The monoisotopic (exact) mass is 268 g/mol. The Balaban J connectivity index is 0.00000162. The van der Waals surface area contributed by atoms with Crippen LogP contribution >= 0.6 is 12.4 Å². The van der Waals surface area contributed by atoms with Gasteiger partial charge < -0.3 is 4.74 Å². The maximum absolute atomic E-state index is 11.9. The fraction of sp³-hybridized carbons (Fsp3) is 0.250.